The van der Waals surface area contributed by atoms with Crippen molar-refractivity contribution >= 4 is 13.8 Å². The zero-order chi connectivity index (χ0) is 41.3. The van der Waals surface area contributed by atoms with Crippen molar-refractivity contribution in [3.8, 4) is 0 Å². The van der Waals surface area contributed by atoms with Crippen LogP contribution in [0.4, 0.5) is 0 Å². The van der Waals surface area contributed by atoms with Crippen molar-refractivity contribution in [2.45, 2.75) is 172 Å². The number of aliphatic hydroxyl groups excluding tert-OH is 5. The Kier molecular flexibility index (Phi) is 31.2. The van der Waals surface area contributed by atoms with Gasteiger partial charge >= 0.3 is 13.8 Å². The van der Waals surface area contributed by atoms with Crippen LogP contribution in [0.15, 0.2) is 72.9 Å². The summed E-state index contributed by atoms with van der Waals surface area (Å²) in [6, 6.07) is 0. The van der Waals surface area contributed by atoms with Crippen molar-refractivity contribution in [2.75, 3.05) is 19.8 Å². The van der Waals surface area contributed by atoms with E-state index in [-0.39, 0.29) is 13.0 Å². The van der Waals surface area contributed by atoms with Gasteiger partial charge < -0.3 is 39.9 Å². The molecule has 0 spiro atoms. The van der Waals surface area contributed by atoms with E-state index in [0.29, 0.717) is 13.0 Å². The minimum absolute atomic E-state index is 0.0981. The fourth-order valence-corrected chi connectivity index (χ4v) is 6.74. The molecule has 0 aromatic heterocycles. The molecule has 56 heavy (non-hydrogen) atoms. The summed E-state index contributed by atoms with van der Waals surface area (Å²) in [5, 5.41) is 50.0. The second-order valence-electron chi connectivity index (χ2n) is 14.1. The SMILES string of the molecule is CC/C=C\C/C=C\C/C=C\C/C=C\C/C=C\C/C=C\CCCCC(=O)OC(COCCCCCCCCCC)COP(=O)(O)OC1C(O)C(O)C(O)C(O)C1O. The smallest absolute Gasteiger partial charge is 0.457 e. The van der Waals surface area contributed by atoms with Crippen molar-refractivity contribution in [1.29, 1.82) is 0 Å². The molecule has 1 saturated carbocycles. The third-order valence-corrected chi connectivity index (χ3v) is 10.1. The number of carbonyl (C=O) groups excluding carboxylic acids is 1. The van der Waals surface area contributed by atoms with Crippen LogP contribution in [0.25, 0.3) is 0 Å². The van der Waals surface area contributed by atoms with Crippen LogP contribution in [0.1, 0.15) is 129 Å². The van der Waals surface area contributed by atoms with Gasteiger partial charge in [0.25, 0.3) is 0 Å². The van der Waals surface area contributed by atoms with E-state index in [1.54, 1.807) is 0 Å². The van der Waals surface area contributed by atoms with Crippen LogP contribution in [-0.2, 0) is 27.9 Å². The molecule has 1 aliphatic carbocycles. The first-order valence-electron chi connectivity index (χ1n) is 20.8. The number of unbranched alkanes of at least 4 members (excludes halogenated alkanes) is 9. The predicted octanol–water partition coefficient (Wildman–Crippen LogP) is 7.63. The van der Waals surface area contributed by atoms with Crippen molar-refractivity contribution in [3.05, 3.63) is 72.9 Å². The third kappa shape index (κ3) is 25.9. The summed E-state index contributed by atoms with van der Waals surface area (Å²) in [4.78, 5) is 23.0. The van der Waals surface area contributed by atoms with Gasteiger partial charge in [0, 0.05) is 13.0 Å². The predicted molar refractivity (Wildman–Crippen MR) is 221 cm³/mol. The zero-order valence-corrected chi connectivity index (χ0v) is 34.8. The summed E-state index contributed by atoms with van der Waals surface area (Å²) < 4.78 is 33.9. The van der Waals surface area contributed by atoms with Crippen molar-refractivity contribution in [1.82, 2.24) is 0 Å². The fourth-order valence-electron chi connectivity index (χ4n) is 5.77. The Labute approximate surface area is 336 Å². The molecule has 0 amide bonds. The molecule has 0 aromatic carbocycles. The van der Waals surface area contributed by atoms with Gasteiger partial charge in [-0.05, 0) is 64.2 Å². The van der Waals surface area contributed by atoms with Crippen LogP contribution in [0, 0.1) is 0 Å². The Morgan fingerprint density at radius 1 is 0.589 bits per heavy atom. The molecule has 0 bridgehead atoms. The first-order chi connectivity index (χ1) is 27.0. The summed E-state index contributed by atoms with van der Waals surface area (Å²) in [5.41, 5.74) is 0. The number of allylic oxidation sites excluding steroid dienone is 12. The molecule has 6 N–H and O–H groups in total. The summed E-state index contributed by atoms with van der Waals surface area (Å²) in [5.74, 6) is -0.524. The van der Waals surface area contributed by atoms with Crippen molar-refractivity contribution < 1.29 is 58.3 Å². The number of phosphoric acid groups is 1. The van der Waals surface area contributed by atoms with Crippen molar-refractivity contribution in [2.24, 2.45) is 0 Å². The molecule has 0 heterocycles. The molecule has 13 heteroatoms. The second-order valence-corrected chi connectivity index (χ2v) is 15.5. The van der Waals surface area contributed by atoms with Gasteiger partial charge in [0.15, 0.2) is 0 Å². The summed E-state index contributed by atoms with van der Waals surface area (Å²) in [6.07, 6.45) is 30.0. The molecule has 6 unspecified atom stereocenters. The highest BCUT2D eigenvalue weighted by atomic mass is 31.2. The minimum atomic E-state index is -5.02. The maximum absolute atomic E-state index is 12.7. The number of aliphatic hydroxyl groups is 5. The van der Waals surface area contributed by atoms with Crippen LogP contribution < -0.4 is 0 Å². The maximum atomic E-state index is 12.7. The van der Waals surface area contributed by atoms with Gasteiger partial charge in [-0.25, -0.2) is 4.57 Å². The summed E-state index contributed by atoms with van der Waals surface area (Å²) in [7, 11) is -5.02. The zero-order valence-electron chi connectivity index (χ0n) is 33.9. The lowest BCUT2D eigenvalue weighted by molar-refractivity contribution is -0.220. The molecule has 0 aliphatic heterocycles. The average molecular weight is 813 g/mol. The molecular formula is C43H73O12P. The van der Waals surface area contributed by atoms with Crippen LogP contribution in [0.3, 0.4) is 0 Å². The monoisotopic (exact) mass is 812 g/mol. The standard InChI is InChI=1S/C43H73O12P/c1-3-5-7-9-11-13-14-15-16-17-18-19-20-21-22-23-24-25-26-28-30-32-37(44)54-36(34-52-33-31-29-27-12-10-8-6-4-2)35-53-56(50,51)55-43-41(48)39(46)38(45)40(47)42(43)49/h5,7,11,13,15-16,18-19,21-22,24-25,36,38-43,45-49H,3-4,6,8-10,12,14,17,20,23,26-35H2,1-2H3,(H,50,51)/b7-5-,13-11-,16-15-,19-18-,22-21-,25-24-. The van der Waals surface area contributed by atoms with Gasteiger partial charge in [-0.3, -0.25) is 13.8 Å². The van der Waals surface area contributed by atoms with Crippen LogP contribution >= 0.6 is 7.82 Å². The maximum Gasteiger partial charge on any atom is 0.472 e. The number of hydrogen-bond acceptors (Lipinski definition) is 11. The van der Waals surface area contributed by atoms with Gasteiger partial charge in [-0.1, -0.05) is 132 Å². The number of carbonyl (C=O) groups is 1. The Balaban J connectivity index is 2.44. The number of ether oxygens (including phenoxy) is 2. The quantitative estimate of drug-likeness (QED) is 0.0165. The Morgan fingerprint density at radius 3 is 1.57 bits per heavy atom. The molecular weight excluding hydrogens is 739 g/mol. The lowest BCUT2D eigenvalue weighted by Gasteiger charge is -2.41. The van der Waals surface area contributed by atoms with Gasteiger partial charge in [0.2, 0.25) is 0 Å². The third-order valence-electron chi connectivity index (χ3n) is 9.09. The molecule has 1 rings (SSSR count). The molecule has 0 aromatic rings. The first kappa shape index (κ1) is 51.8. The van der Waals surface area contributed by atoms with E-state index in [2.05, 4.69) is 86.8 Å². The van der Waals surface area contributed by atoms with Crippen LogP contribution in [0.2, 0.25) is 0 Å². The summed E-state index contributed by atoms with van der Waals surface area (Å²) >= 11 is 0. The second kappa shape index (κ2) is 33.7. The molecule has 1 fully saturated rings. The van der Waals surface area contributed by atoms with Gasteiger partial charge in [0.1, 0.15) is 42.7 Å². The highest BCUT2D eigenvalue weighted by molar-refractivity contribution is 7.47. The lowest BCUT2D eigenvalue weighted by Crippen LogP contribution is -2.64. The highest BCUT2D eigenvalue weighted by Gasteiger charge is 2.51. The van der Waals surface area contributed by atoms with E-state index < -0.39 is 63.1 Å². The topological polar surface area (TPSA) is 192 Å². The van der Waals surface area contributed by atoms with Gasteiger partial charge in [-0.15, -0.1) is 0 Å². The Hall–Kier alpha value is -2.22. The normalized spacial score (nSPS) is 23.8. The number of phosphoric ester groups is 1. The molecule has 0 saturated heterocycles. The van der Waals surface area contributed by atoms with E-state index in [9.17, 15) is 39.8 Å². The first-order valence-corrected chi connectivity index (χ1v) is 22.3. The minimum Gasteiger partial charge on any atom is -0.457 e. The number of esters is 1. The average Bonchev–Trinajstić information content (AvgIpc) is 3.18. The van der Waals surface area contributed by atoms with E-state index in [4.69, 9.17) is 18.5 Å². The van der Waals surface area contributed by atoms with E-state index in [0.717, 1.165) is 77.0 Å². The fraction of sp³-hybridized carbons (Fsp3) is 0.698. The van der Waals surface area contributed by atoms with Gasteiger partial charge in [-0.2, -0.15) is 0 Å². The van der Waals surface area contributed by atoms with E-state index >= 15 is 0 Å². The largest absolute Gasteiger partial charge is 0.472 e. The van der Waals surface area contributed by atoms with Crippen molar-refractivity contribution in [3.63, 3.8) is 0 Å². The van der Waals surface area contributed by atoms with E-state index in [1.165, 1.54) is 25.7 Å². The highest BCUT2D eigenvalue weighted by Crippen LogP contribution is 2.47. The number of rotatable bonds is 33. The number of hydrogen-bond donors (Lipinski definition) is 6. The van der Waals surface area contributed by atoms with Gasteiger partial charge in [0.05, 0.1) is 13.2 Å². The lowest BCUT2D eigenvalue weighted by atomic mass is 9.85. The van der Waals surface area contributed by atoms with Crippen LogP contribution in [-0.4, -0.2) is 98.9 Å². The summed E-state index contributed by atoms with van der Waals surface area (Å²) in [6.45, 7) is 4.03. The molecule has 12 nitrogen and oxygen atoms in total. The van der Waals surface area contributed by atoms with Crippen LogP contribution in [0.5, 0.6) is 0 Å². The van der Waals surface area contributed by atoms with E-state index in [1.807, 2.05) is 0 Å². The Bertz CT molecular complexity index is 1200. The molecule has 6 atom stereocenters. The Morgan fingerprint density at radius 2 is 1.05 bits per heavy atom. The molecule has 1 aliphatic rings. The molecule has 322 valence electrons. The molecule has 0 radical (unpaired) electrons.